The van der Waals surface area contributed by atoms with Gasteiger partial charge in [0.25, 0.3) is 0 Å². The smallest absolute Gasteiger partial charge is 0.350 e. The molecule has 0 bridgehead atoms. The second-order valence-electron chi connectivity index (χ2n) is 6.63. The molecule has 0 saturated carbocycles. The lowest BCUT2D eigenvalue weighted by atomic mass is 10.2. The van der Waals surface area contributed by atoms with Gasteiger partial charge in [0.1, 0.15) is 21.5 Å². The maximum atomic E-state index is 12.7. The van der Waals surface area contributed by atoms with Crippen LogP contribution in [0, 0.1) is 6.92 Å². The number of methoxy groups -OCH3 is 2. The van der Waals surface area contributed by atoms with Crippen molar-refractivity contribution in [2.75, 3.05) is 14.2 Å². The van der Waals surface area contributed by atoms with Crippen molar-refractivity contribution < 1.29 is 19.0 Å². The van der Waals surface area contributed by atoms with Crippen LogP contribution < -0.4 is 9.47 Å². The van der Waals surface area contributed by atoms with Crippen LogP contribution >= 0.6 is 22.7 Å². The molecule has 0 aliphatic rings. The number of thiazole rings is 2. The number of rotatable bonds is 7. The molecule has 3 heterocycles. The summed E-state index contributed by atoms with van der Waals surface area (Å²) in [6.07, 6.45) is 3.65. The van der Waals surface area contributed by atoms with Gasteiger partial charge in [-0.1, -0.05) is 0 Å². The van der Waals surface area contributed by atoms with E-state index in [0.717, 1.165) is 16.1 Å². The molecule has 0 radical (unpaired) electrons. The molecule has 0 N–H and O–H groups in total. The molecule has 4 aromatic rings. The Hall–Kier alpha value is -3.24. The molecule has 0 fully saturated rings. The number of esters is 1. The van der Waals surface area contributed by atoms with Crippen LogP contribution in [-0.2, 0) is 18.4 Å². The number of ether oxygens (including phenoxy) is 3. The second kappa shape index (κ2) is 8.86. The van der Waals surface area contributed by atoms with Crippen LogP contribution in [0.3, 0.4) is 0 Å². The molecule has 0 aliphatic carbocycles. The molecular formula is C21H20N4O4S2. The van der Waals surface area contributed by atoms with Crippen molar-refractivity contribution in [1.82, 2.24) is 19.7 Å². The minimum absolute atomic E-state index is 0.0959. The molecule has 160 valence electrons. The van der Waals surface area contributed by atoms with E-state index in [1.54, 1.807) is 32.0 Å². The third kappa shape index (κ3) is 4.44. The maximum Gasteiger partial charge on any atom is 0.350 e. The van der Waals surface area contributed by atoms with Gasteiger partial charge in [-0.05, 0) is 25.1 Å². The largest absolute Gasteiger partial charge is 0.493 e. The van der Waals surface area contributed by atoms with E-state index in [4.69, 9.17) is 14.2 Å². The van der Waals surface area contributed by atoms with Crippen molar-refractivity contribution in [3.8, 4) is 32.6 Å². The monoisotopic (exact) mass is 456 g/mol. The van der Waals surface area contributed by atoms with E-state index in [1.807, 2.05) is 36.8 Å². The summed E-state index contributed by atoms with van der Waals surface area (Å²) in [5.74, 6) is 0.815. The zero-order valence-electron chi connectivity index (χ0n) is 17.4. The Labute approximate surface area is 187 Å². The highest BCUT2D eigenvalue weighted by molar-refractivity contribution is 7.17. The van der Waals surface area contributed by atoms with E-state index in [1.165, 1.54) is 22.7 Å². The first-order valence-corrected chi connectivity index (χ1v) is 11.0. The first-order valence-electron chi connectivity index (χ1n) is 9.29. The Kier molecular flexibility index (Phi) is 6.01. The summed E-state index contributed by atoms with van der Waals surface area (Å²) >= 11 is 2.77. The summed E-state index contributed by atoms with van der Waals surface area (Å²) in [6, 6.07) is 5.52. The zero-order chi connectivity index (χ0) is 22.0. The first kappa shape index (κ1) is 21.0. The van der Waals surface area contributed by atoms with Gasteiger partial charge in [0.15, 0.2) is 11.5 Å². The number of benzene rings is 1. The van der Waals surface area contributed by atoms with Crippen LogP contribution in [0.4, 0.5) is 0 Å². The van der Waals surface area contributed by atoms with Gasteiger partial charge in [-0.15, -0.1) is 22.7 Å². The van der Waals surface area contributed by atoms with Gasteiger partial charge in [-0.25, -0.2) is 14.8 Å². The van der Waals surface area contributed by atoms with Gasteiger partial charge in [-0.3, -0.25) is 4.68 Å². The summed E-state index contributed by atoms with van der Waals surface area (Å²) in [5, 5.41) is 7.57. The van der Waals surface area contributed by atoms with E-state index >= 15 is 0 Å². The Morgan fingerprint density at radius 2 is 1.90 bits per heavy atom. The van der Waals surface area contributed by atoms with Crippen LogP contribution in [-0.4, -0.2) is 39.9 Å². The fourth-order valence-corrected chi connectivity index (χ4v) is 4.66. The molecule has 0 saturated heterocycles. The molecule has 31 heavy (non-hydrogen) atoms. The topological polar surface area (TPSA) is 88.4 Å². The summed E-state index contributed by atoms with van der Waals surface area (Å²) in [5.41, 5.74) is 3.09. The maximum absolute atomic E-state index is 12.7. The Balaban J connectivity index is 1.46. The van der Waals surface area contributed by atoms with E-state index in [9.17, 15) is 4.79 Å². The van der Waals surface area contributed by atoms with Crippen LogP contribution in [0.15, 0.2) is 36.0 Å². The number of nitrogens with zero attached hydrogens (tertiary/aromatic N) is 4. The molecule has 10 heteroatoms. The van der Waals surface area contributed by atoms with E-state index < -0.39 is 5.97 Å². The molecule has 0 unspecified atom stereocenters. The fourth-order valence-electron chi connectivity index (χ4n) is 2.92. The highest BCUT2D eigenvalue weighted by Crippen LogP contribution is 2.35. The SMILES string of the molecule is COc1ccc(-c2nc(C)c(C(=O)OCc3csc(-c4cnn(C)c4)n3)s2)cc1OC. The van der Waals surface area contributed by atoms with Crippen molar-refractivity contribution in [2.45, 2.75) is 13.5 Å². The van der Waals surface area contributed by atoms with E-state index in [-0.39, 0.29) is 6.61 Å². The molecule has 1 aromatic carbocycles. The molecule has 3 aromatic heterocycles. The number of hydrogen-bond donors (Lipinski definition) is 0. The van der Waals surface area contributed by atoms with E-state index in [0.29, 0.717) is 32.8 Å². The van der Waals surface area contributed by atoms with Crippen molar-refractivity contribution in [3.63, 3.8) is 0 Å². The third-order valence-corrected chi connectivity index (χ3v) is 6.59. The Morgan fingerprint density at radius 1 is 1.10 bits per heavy atom. The van der Waals surface area contributed by atoms with E-state index in [2.05, 4.69) is 15.1 Å². The molecular weight excluding hydrogens is 436 g/mol. The number of carbonyl (C=O) groups is 1. The molecule has 8 nitrogen and oxygen atoms in total. The Bertz CT molecular complexity index is 1230. The van der Waals surface area contributed by atoms with Gasteiger partial charge in [0.2, 0.25) is 0 Å². The molecule has 4 rings (SSSR count). The minimum atomic E-state index is -0.419. The van der Waals surface area contributed by atoms with Crippen molar-refractivity contribution in [2.24, 2.45) is 7.05 Å². The summed E-state index contributed by atoms with van der Waals surface area (Å²) in [7, 11) is 5.02. The predicted octanol–water partition coefficient (Wildman–Crippen LogP) is 4.35. The van der Waals surface area contributed by atoms with Crippen molar-refractivity contribution in [3.05, 3.63) is 52.2 Å². The van der Waals surface area contributed by atoms with Crippen LogP contribution in [0.2, 0.25) is 0 Å². The fraction of sp³-hybridized carbons (Fsp3) is 0.238. The molecule has 0 atom stereocenters. The number of carbonyl (C=O) groups excluding carboxylic acids is 1. The number of aromatic nitrogens is 4. The average molecular weight is 457 g/mol. The van der Waals surface area contributed by atoms with Crippen LogP contribution in [0.5, 0.6) is 11.5 Å². The highest BCUT2D eigenvalue weighted by atomic mass is 32.1. The molecule has 0 aliphatic heterocycles. The number of hydrogen-bond acceptors (Lipinski definition) is 9. The minimum Gasteiger partial charge on any atom is -0.493 e. The molecule has 0 spiro atoms. The highest BCUT2D eigenvalue weighted by Gasteiger charge is 2.19. The molecule has 0 amide bonds. The first-order chi connectivity index (χ1) is 15.0. The normalized spacial score (nSPS) is 10.8. The quantitative estimate of drug-likeness (QED) is 0.382. The Morgan fingerprint density at radius 3 is 2.61 bits per heavy atom. The predicted molar refractivity (Wildman–Crippen MR) is 119 cm³/mol. The van der Waals surface area contributed by atoms with Gasteiger partial charge in [0, 0.05) is 29.8 Å². The van der Waals surface area contributed by atoms with Crippen molar-refractivity contribution >= 4 is 28.6 Å². The zero-order valence-corrected chi connectivity index (χ0v) is 19.0. The van der Waals surface area contributed by atoms with Gasteiger partial charge >= 0.3 is 5.97 Å². The van der Waals surface area contributed by atoms with Gasteiger partial charge in [0.05, 0.1) is 31.8 Å². The van der Waals surface area contributed by atoms with Gasteiger partial charge in [-0.2, -0.15) is 5.10 Å². The standard InChI is InChI=1S/C21H20N4O4S2/c1-12-18(31-20(23-12)13-5-6-16(27-3)17(7-13)28-4)21(26)29-10-15-11-30-19(24-15)14-8-22-25(2)9-14/h5-9,11H,10H2,1-4H3. The number of aryl methyl sites for hydroxylation is 2. The average Bonchev–Trinajstić information content (AvgIpc) is 3.51. The third-order valence-electron chi connectivity index (χ3n) is 4.47. The summed E-state index contributed by atoms with van der Waals surface area (Å²) in [4.78, 5) is 22.2. The van der Waals surface area contributed by atoms with Crippen LogP contribution in [0.25, 0.3) is 21.1 Å². The second-order valence-corrected chi connectivity index (χ2v) is 8.48. The van der Waals surface area contributed by atoms with Crippen LogP contribution in [0.1, 0.15) is 21.1 Å². The van der Waals surface area contributed by atoms with Crippen molar-refractivity contribution in [1.29, 1.82) is 0 Å². The van der Waals surface area contributed by atoms with Gasteiger partial charge < -0.3 is 14.2 Å². The summed E-state index contributed by atoms with van der Waals surface area (Å²) in [6.45, 7) is 1.89. The lowest BCUT2D eigenvalue weighted by molar-refractivity contribution is 0.0473. The summed E-state index contributed by atoms with van der Waals surface area (Å²) < 4.78 is 17.8. The lowest BCUT2D eigenvalue weighted by Gasteiger charge is -2.08. The lowest BCUT2D eigenvalue weighted by Crippen LogP contribution is -2.05.